The number of benzene rings is 2. The van der Waals surface area contributed by atoms with Gasteiger partial charge in [-0.05, 0) is 101 Å². The highest BCUT2D eigenvalue weighted by molar-refractivity contribution is 5.97. The van der Waals surface area contributed by atoms with E-state index in [1.807, 2.05) is 38.2 Å². The maximum atomic E-state index is 12.3. The fraction of sp³-hybridized carbons (Fsp3) is 0.548. The Balaban J connectivity index is 0.000000264. The lowest BCUT2D eigenvalue weighted by Gasteiger charge is -2.27. The van der Waals surface area contributed by atoms with Crippen LogP contribution in [0.15, 0.2) is 30.3 Å². The number of carbonyl (C=O) groups excluding carboxylic acids is 2. The molecular formula is C31H47N3O3. The molecule has 1 fully saturated rings. The molecule has 37 heavy (non-hydrogen) atoms. The first-order valence-electron chi connectivity index (χ1n) is 13.7. The Labute approximate surface area is 224 Å². The van der Waals surface area contributed by atoms with E-state index in [0.717, 1.165) is 72.1 Å². The third kappa shape index (κ3) is 9.19. The van der Waals surface area contributed by atoms with Crippen molar-refractivity contribution in [3.63, 3.8) is 0 Å². The first kappa shape index (κ1) is 30.4. The Morgan fingerprint density at radius 3 is 2.22 bits per heavy atom. The minimum Gasteiger partial charge on any atom is -0.496 e. The van der Waals surface area contributed by atoms with Gasteiger partial charge in [0.2, 0.25) is 5.91 Å². The summed E-state index contributed by atoms with van der Waals surface area (Å²) in [4.78, 5) is 23.9. The summed E-state index contributed by atoms with van der Waals surface area (Å²) in [5.41, 5.74) is 6.13. The van der Waals surface area contributed by atoms with E-state index in [0.29, 0.717) is 0 Å². The van der Waals surface area contributed by atoms with Crippen LogP contribution in [0.5, 0.6) is 5.75 Å². The Kier molecular flexibility index (Phi) is 12.6. The first-order chi connectivity index (χ1) is 17.7. The molecule has 0 unspecified atom stereocenters. The van der Waals surface area contributed by atoms with Crippen molar-refractivity contribution < 1.29 is 14.3 Å². The average Bonchev–Trinajstić information content (AvgIpc) is 2.90. The van der Waals surface area contributed by atoms with Gasteiger partial charge in [-0.2, -0.15) is 0 Å². The molecule has 1 aliphatic carbocycles. The van der Waals surface area contributed by atoms with Crippen LogP contribution < -0.4 is 20.7 Å². The number of ketones is 1. The number of anilines is 2. The van der Waals surface area contributed by atoms with E-state index < -0.39 is 0 Å². The van der Waals surface area contributed by atoms with E-state index in [-0.39, 0.29) is 17.6 Å². The molecule has 0 saturated heterocycles. The van der Waals surface area contributed by atoms with Crippen molar-refractivity contribution in [1.29, 1.82) is 0 Å². The Morgan fingerprint density at radius 1 is 0.946 bits per heavy atom. The third-order valence-corrected chi connectivity index (χ3v) is 7.38. The fourth-order valence-electron chi connectivity index (χ4n) is 5.01. The van der Waals surface area contributed by atoms with Gasteiger partial charge >= 0.3 is 0 Å². The lowest BCUT2D eigenvalue weighted by molar-refractivity contribution is -0.121. The molecule has 3 rings (SSSR count). The van der Waals surface area contributed by atoms with E-state index in [4.69, 9.17) is 4.74 Å². The minimum atomic E-state index is 0.141. The fourth-order valence-corrected chi connectivity index (χ4v) is 5.01. The molecule has 6 heteroatoms. The van der Waals surface area contributed by atoms with Crippen molar-refractivity contribution in [3.05, 3.63) is 52.6 Å². The Morgan fingerprint density at radius 2 is 1.65 bits per heavy atom. The maximum absolute atomic E-state index is 12.3. The number of Topliss-reactive ketones (excluding diaryl/α,β-unsaturated/α-hetero) is 1. The van der Waals surface area contributed by atoms with Crippen LogP contribution in [0.2, 0.25) is 0 Å². The zero-order chi connectivity index (χ0) is 27.4. The monoisotopic (exact) mass is 509 g/mol. The van der Waals surface area contributed by atoms with Gasteiger partial charge < -0.3 is 20.7 Å². The summed E-state index contributed by atoms with van der Waals surface area (Å²) in [7, 11) is 3.58. The van der Waals surface area contributed by atoms with Crippen molar-refractivity contribution in [2.24, 2.45) is 11.8 Å². The molecule has 1 aliphatic rings. The lowest BCUT2D eigenvalue weighted by Crippen LogP contribution is -2.27. The van der Waals surface area contributed by atoms with E-state index in [2.05, 4.69) is 42.8 Å². The quantitative estimate of drug-likeness (QED) is 0.250. The predicted molar refractivity (Wildman–Crippen MR) is 155 cm³/mol. The smallest absolute Gasteiger partial charge is 0.227 e. The summed E-state index contributed by atoms with van der Waals surface area (Å²) in [5.74, 6) is 2.11. The number of nitrogens with one attached hydrogen (secondary N) is 3. The van der Waals surface area contributed by atoms with E-state index in [9.17, 15) is 9.59 Å². The van der Waals surface area contributed by atoms with Crippen LogP contribution in [-0.2, 0) is 11.2 Å². The van der Waals surface area contributed by atoms with Crippen LogP contribution in [0.3, 0.4) is 0 Å². The van der Waals surface area contributed by atoms with E-state index >= 15 is 0 Å². The van der Waals surface area contributed by atoms with Gasteiger partial charge in [-0.25, -0.2) is 0 Å². The molecule has 0 bridgehead atoms. The number of methoxy groups -OCH3 is 1. The molecule has 2 aromatic carbocycles. The SMILES string of the molecule is CCC1CCC(C(=O)Nc2ccc(C)c(OC)c2)CC1.CCc1c(C)cc(NCCNC)cc1C(C)=O. The van der Waals surface area contributed by atoms with Crippen LogP contribution in [0.25, 0.3) is 0 Å². The number of amides is 1. The molecule has 0 aromatic heterocycles. The van der Waals surface area contributed by atoms with E-state index in [1.165, 1.54) is 24.8 Å². The molecule has 0 aliphatic heterocycles. The van der Waals surface area contributed by atoms with Gasteiger partial charge in [0.15, 0.2) is 5.78 Å². The second-order valence-corrected chi connectivity index (χ2v) is 10.1. The van der Waals surface area contributed by atoms with Gasteiger partial charge in [-0.15, -0.1) is 0 Å². The lowest BCUT2D eigenvalue weighted by atomic mass is 9.80. The third-order valence-electron chi connectivity index (χ3n) is 7.38. The summed E-state index contributed by atoms with van der Waals surface area (Å²) in [6, 6.07) is 9.88. The van der Waals surface area contributed by atoms with Crippen LogP contribution in [0.4, 0.5) is 11.4 Å². The first-order valence-corrected chi connectivity index (χ1v) is 13.7. The molecule has 1 saturated carbocycles. The molecule has 204 valence electrons. The summed E-state index contributed by atoms with van der Waals surface area (Å²) >= 11 is 0. The number of ether oxygens (including phenoxy) is 1. The highest BCUT2D eigenvalue weighted by Gasteiger charge is 2.25. The standard InChI is InChI=1S/C17H25NO2.C14H22N2O/c1-4-13-6-8-14(9-7-13)17(19)18-15-10-5-12(2)16(11-15)20-3;1-5-13-10(2)8-12(16-7-6-15-4)9-14(13)11(3)17/h5,10-11,13-14H,4,6-9H2,1-3H3,(H,18,19);8-9,15-16H,5-7H2,1-4H3. The largest absolute Gasteiger partial charge is 0.496 e. The van der Waals surface area contributed by atoms with Crippen molar-refractivity contribution in [1.82, 2.24) is 5.32 Å². The van der Waals surface area contributed by atoms with E-state index in [1.54, 1.807) is 14.0 Å². The number of rotatable bonds is 10. The van der Waals surface area contributed by atoms with Crippen molar-refractivity contribution in [2.45, 2.75) is 73.1 Å². The van der Waals surface area contributed by atoms with Crippen molar-refractivity contribution in [2.75, 3.05) is 37.9 Å². The number of hydrogen-bond donors (Lipinski definition) is 3. The zero-order valence-electron chi connectivity index (χ0n) is 23.9. The molecule has 1 amide bonds. The molecule has 3 N–H and O–H groups in total. The highest BCUT2D eigenvalue weighted by atomic mass is 16.5. The predicted octanol–water partition coefficient (Wildman–Crippen LogP) is 6.55. The molecule has 2 aromatic rings. The molecular weight excluding hydrogens is 462 g/mol. The topological polar surface area (TPSA) is 79.5 Å². The molecule has 0 radical (unpaired) electrons. The minimum absolute atomic E-state index is 0.141. The number of hydrogen-bond acceptors (Lipinski definition) is 5. The van der Waals surface area contributed by atoms with Crippen LogP contribution in [-0.4, -0.2) is 38.9 Å². The molecule has 6 nitrogen and oxygen atoms in total. The summed E-state index contributed by atoms with van der Waals surface area (Å²) in [5, 5.41) is 9.43. The number of carbonyl (C=O) groups is 2. The normalized spacial score (nSPS) is 16.8. The van der Waals surface area contributed by atoms with Crippen molar-refractivity contribution >= 4 is 23.1 Å². The second-order valence-electron chi connectivity index (χ2n) is 10.1. The van der Waals surface area contributed by atoms with Gasteiger partial charge in [0.25, 0.3) is 0 Å². The molecule has 0 heterocycles. The number of aryl methyl sites for hydroxylation is 2. The Hall–Kier alpha value is -2.86. The van der Waals surface area contributed by atoms with Gasteiger partial charge in [0.1, 0.15) is 5.75 Å². The van der Waals surface area contributed by atoms with Gasteiger partial charge in [0, 0.05) is 42.0 Å². The van der Waals surface area contributed by atoms with Crippen LogP contribution in [0, 0.1) is 25.7 Å². The number of likely N-dealkylation sites (N-methyl/N-ethyl adjacent to an activating group) is 1. The van der Waals surface area contributed by atoms with Crippen molar-refractivity contribution in [3.8, 4) is 5.75 Å². The van der Waals surface area contributed by atoms with Gasteiger partial charge in [-0.3, -0.25) is 9.59 Å². The molecule has 0 spiro atoms. The second kappa shape index (κ2) is 15.4. The summed E-state index contributed by atoms with van der Waals surface area (Å²) < 4.78 is 5.29. The Bertz CT molecular complexity index is 1030. The van der Waals surface area contributed by atoms with Gasteiger partial charge in [-0.1, -0.05) is 26.3 Å². The summed E-state index contributed by atoms with van der Waals surface area (Å²) in [6.45, 7) is 11.8. The molecule has 0 atom stereocenters. The average molecular weight is 510 g/mol. The highest BCUT2D eigenvalue weighted by Crippen LogP contribution is 2.32. The zero-order valence-corrected chi connectivity index (χ0v) is 23.9. The van der Waals surface area contributed by atoms with Crippen LogP contribution in [0.1, 0.15) is 79.9 Å². The van der Waals surface area contributed by atoms with Gasteiger partial charge in [0.05, 0.1) is 7.11 Å². The van der Waals surface area contributed by atoms with Crippen LogP contribution >= 0.6 is 0 Å². The maximum Gasteiger partial charge on any atom is 0.227 e. The summed E-state index contributed by atoms with van der Waals surface area (Å²) in [6.07, 6.45) is 6.55.